The number of aryl methyl sites for hydroxylation is 1. The lowest BCUT2D eigenvalue weighted by atomic mass is 10.1. The lowest BCUT2D eigenvalue weighted by molar-refractivity contribution is 0.0933. The normalized spacial score (nSPS) is 16.0. The van der Waals surface area contributed by atoms with Crippen molar-refractivity contribution in [2.24, 2.45) is 0 Å². The summed E-state index contributed by atoms with van der Waals surface area (Å²) >= 11 is 0. The highest BCUT2D eigenvalue weighted by molar-refractivity contribution is 5.94. The van der Waals surface area contributed by atoms with Gasteiger partial charge in [0.15, 0.2) is 0 Å². The SMILES string of the molecule is Cc1nccn1Cc1ccc(C(=O)NC2CCCCCC2)cc1. The number of rotatable bonds is 4. The summed E-state index contributed by atoms with van der Waals surface area (Å²) in [6.07, 6.45) is 11.1. The summed E-state index contributed by atoms with van der Waals surface area (Å²) in [6.45, 7) is 2.78. The highest BCUT2D eigenvalue weighted by Crippen LogP contribution is 2.18. The average molecular weight is 311 g/mol. The summed E-state index contributed by atoms with van der Waals surface area (Å²) in [5.41, 5.74) is 1.93. The topological polar surface area (TPSA) is 46.9 Å². The van der Waals surface area contributed by atoms with Crippen molar-refractivity contribution in [2.75, 3.05) is 0 Å². The minimum absolute atomic E-state index is 0.0576. The van der Waals surface area contributed by atoms with Gasteiger partial charge in [-0.25, -0.2) is 4.98 Å². The van der Waals surface area contributed by atoms with Crippen LogP contribution in [0.4, 0.5) is 0 Å². The molecule has 0 saturated heterocycles. The molecule has 0 spiro atoms. The fourth-order valence-corrected chi connectivity index (χ4v) is 3.22. The van der Waals surface area contributed by atoms with Gasteiger partial charge in [-0.3, -0.25) is 4.79 Å². The molecule has 1 saturated carbocycles. The molecule has 0 aliphatic heterocycles. The van der Waals surface area contributed by atoms with Gasteiger partial charge < -0.3 is 9.88 Å². The van der Waals surface area contributed by atoms with E-state index >= 15 is 0 Å². The van der Waals surface area contributed by atoms with Crippen molar-refractivity contribution < 1.29 is 4.79 Å². The molecule has 3 rings (SSSR count). The van der Waals surface area contributed by atoms with Crippen LogP contribution < -0.4 is 5.32 Å². The van der Waals surface area contributed by atoms with Crippen molar-refractivity contribution in [3.63, 3.8) is 0 Å². The molecule has 1 N–H and O–H groups in total. The Kier molecular flexibility index (Phi) is 5.11. The minimum atomic E-state index is 0.0576. The zero-order valence-corrected chi connectivity index (χ0v) is 13.8. The van der Waals surface area contributed by atoms with Gasteiger partial charge in [0.1, 0.15) is 5.82 Å². The van der Waals surface area contributed by atoms with E-state index in [-0.39, 0.29) is 5.91 Å². The number of aromatic nitrogens is 2. The highest BCUT2D eigenvalue weighted by atomic mass is 16.1. The number of hydrogen-bond acceptors (Lipinski definition) is 2. The summed E-state index contributed by atoms with van der Waals surface area (Å²) in [4.78, 5) is 16.6. The number of nitrogens with one attached hydrogen (secondary N) is 1. The summed E-state index contributed by atoms with van der Waals surface area (Å²) in [5.74, 6) is 1.06. The molecule has 1 aliphatic rings. The molecule has 122 valence electrons. The van der Waals surface area contributed by atoms with Gasteiger partial charge in [-0.05, 0) is 37.5 Å². The fraction of sp³-hybridized carbons (Fsp3) is 0.474. The van der Waals surface area contributed by atoms with E-state index in [0.717, 1.165) is 30.8 Å². The molecule has 1 fully saturated rings. The molecule has 2 aromatic rings. The van der Waals surface area contributed by atoms with E-state index in [1.165, 1.54) is 31.2 Å². The van der Waals surface area contributed by atoms with Crippen molar-refractivity contribution >= 4 is 5.91 Å². The van der Waals surface area contributed by atoms with Gasteiger partial charge >= 0.3 is 0 Å². The molecule has 0 radical (unpaired) electrons. The molecular formula is C19H25N3O. The van der Waals surface area contributed by atoms with Crippen LogP contribution >= 0.6 is 0 Å². The first-order valence-electron chi connectivity index (χ1n) is 8.60. The molecule has 0 unspecified atom stereocenters. The Morgan fingerprint density at radius 2 is 1.87 bits per heavy atom. The van der Waals surface area contributed by atoms with Crippen molar-refractivity contribution in [2.45, 2.75) is 58.0 Å². The van der Waals surface area contributed by atoms with E-state index in [1.807, 2.05) is 43.6 Å². The van der Waals surface area contributed by atoms with Crippen LogP contribution in [0.1, 0.15) is 60.3 Å². The van der Waals surface area contributed by atoms with E-state index in [4.69, 9.17) is 0 Å². The standard InChI is InChI=1S/C19H25N3O/c1-15-20-12-13-22(15)14-16-8-10-17(11-9-16)19(23)21-18-6-4-2-3-5-7-18/h8-13,18H,2-7,14H2,1H3,(H,21,23). The van der Waals surface area contributed by atoms with Gasteiger partial charge in [-0.1, -0.05) is 37.8 Å². The van der Waals surface area contributed by atoms with Crippen LogP contribution in [0, 0.1) is 6.92 Å². The number of carbonyl (C=O) groups is 1. The van der Waals surface area contributed by atoms with E-state index in [0.29, 0.717) is 6.04 Å². The molecular weight excluding hydrogens is 286 g/mol. The number of amides is 1. The molecule has 1 heterocycles. The number of carbonyl (C=O) groups excluding carboxylic acids is 1. The average Bonchev–Trinajstić information content (AvgIpc) is 2.80. The van der Waals surface area contributed by atoms with E-state index in [9.17, 15) is 4.79 Å². The summed E-state index contributed by atoms with van der Waals surface area (Å²) in [7, 11) is 0. The van der Waals surface area contributed by atoms with Gasteiger partial charge in [0.2, 0.25) is 0 Å². The van der Waals surface area contributed by atoms with Crippen molar-refractivity contribution in [3.8, 4) is 0 Å². The Morgan fingerprint density at radius 3 is 2.48 bits per heavy atom. The summed E-state index contributed by atoms with van der Waals surface area (Å²) in [5, 5.41) is 3.20. The van der Waals surface area contributed by atoms with Gasteiger partial charge in [0, 0.05) is 30.5 Å². The van der Waals surface area contributed by atoms with Crippen LogP contribution in [0.3, 0.4) is 0 Å². The van der Waals surface area contributed by atoms with Gasteiger partial charge in [-0.2, -0.15) is 0 Å². The smallest absolute Gasteiger partial charge is 0.251 e. The van der Waals surface area contributed by atoms with E-state index in [2.05, 4.69) is 14.9 Å². The molecule has 4 heteroatoms. The molecule has 1 amide bonds. The van der Waals surface area contributed by atoms with E-state index < -0.39 is 0 Å². The Bertz CT molecular complexity index is 637. The van der Waals surface area contributed by atoms with Crippen LogP contribution in [-0.4, -0.2) is 21.5 Å². The first-order chi connectivity index (χ1) is 11.2. The highest BCUT2D eigenvalue weighted by Gasteiger charge is 2.15. The maximum absolute atomic E-state index is 12.4. The second-order valence-corrected chi connectivity index (χ2v) is 6.46. The maximum atomic E-state index is 12.4. The third-order valence-electron chi connectivity index (χ3n) is 4.68. The zero-order valence-electron chi connectivity index (χ0n) is 13.8. The Labute approximate surface area is 137 Å². The molecule has 1 aromatic heterocycles. The number of nitrogens with zero attached hydrogens (tertiary/aromatic N) is 2. The van der Waals surface area contributed by atoms with E-state index in [1.54, 1.807) is 0 Å². The Balaban J connectivity index is 1.59. The van der Waals surface area contributed by atoms with Crippen LogP contribution in [0.2, 0.25) is 0 Å². The molecule has 0 atom stereocenters. The molecule has 1 aromatic carbocycles. The van der Waals surface area contributed by atoms with Crippen LogP contribution in [0.15, 0.2) is 36.7 Å². The van der Waals surface area contributed by atoms with Crippen LogP contribution in [0.25, 0.3) is 0 Å². The first-order valence-corrected chi connectivity index (χ1v) is 8.60. The monoisotopic (exact) mass is 311 g/mol. The lowest BCUT2D eigenvalue weighted by Crippen LogP contribution is -2.34. The maximum Gasteiger partial charge on any atom is 0.251 e. The van der Waals surface area contributed by atoms with Gasteiger partial charge in [0.25, 0.3) is 5.91 Å². The summed E-state index contributed by atoms with van der Waals surface area (Å²) < 4.78 is 2.10. The quantitative estimate of drug-likeness (QED) is 0.875. The van der Waals surface area contributed by atoms with Crippen molar-refractivity contribution in [1.29, 1.82) is 0 Å². The zero-order chi connectivity index (χ0) is 16.1. The predicted molar refractivity (Wildman–Crippen MR) is 91.5 cm³/mol. The van der Waals surface area contributed by atoms with Crippen molar-refractivity contribution in [1.82, 2.24) is 14.9 Å². The summed E-state index contributed by atoms with van der Waals surface area (Å²) in [6, 6.07) is 8.25. The molecule has 1 aliphatic carbocycles. The molecule has 0 bridgehead atoms. The third kappa shape index (κ3) is 4.21. The minimum Gasteiger partial charge on any atom is -0.349 e. The number of imidazole rings is 1. The van der Waals surface area contributed by atoms with Crippen molar-refractivity contribution in [3.05, 3.63) is 53.6 Å². The second kappa shape index (κ2) is 7.44. The fourth-order valence-electron chi connectivity index (χ4n) is 3.22. The van der Waals surface area contributed by atoms with Gasteiger partial charge in [0.05, 0.1) is 0 Å². The number of hydrogen-bond donors (Lipinski definition) is 1. The lowest BCUT2D eigenvalue weighted by Gasteiger charge is -2.16. The van der Waals surface area contributed by atoms with Crippen LogP contribution in [-0.2, 0) is 6.54 Å². The molecule has 4 nitrogen and oxygen atoms in total. The Morgan fingerprint density at radius 1 is 1.17 bits per heavy atom. The Hall–Kier alpha value is -2.10. The first kappa shape index (κ1) is 15.8. The van der Waals surface area contributed by atoms with Gasteiger partial charge in [-0.15, -0.1) is 0 Å². The third-order valence-corrected chi connectivity index (χ3v) is 4.68. The van der Waals surface area contributed by atoms with Crippen LogP contribution in [0.5, 0.6) is 0 Å². The largest absolute Gasteiger partial charge is 0.349 e. The molecule has 23 heavy (non-hydrogen) atoms. The predicted octanol–water partition coefficient (Wildman–Crippen LogP) is 3.69. The number of benzene rings is 1. The second-order valence-electron chi connectivity index (χ2n) is 6.46.